The van der Waals surface area contributed by atoms with Crippen molar-refractivity contribution >= 4 is 5.97 Å². The summed E-state index contributed by atoms with van der Waals surface area (Å²) in [6.07, 6.45) is 2.23. The van der Waals surface area contributed by atoms with Crippen LogP contribution < -0.4 is 4.74 Å². The minimum Gasteiger partial charge on any atom is -0.494 e. The molecule has 1 aliphatic heterocycles. The van der Waals surface area contributed by atoms with Crippen molar-refractivity contribution in [2.75, 3.05) is 40.3 Å². The van der Waals surface area contributed by atoms with E-state index in [0.717, 1.165) is 31.8 Å². The van der Waals surface area contributed by atoms with Crippen molar-refractivity contribution in [1.82, 2.24) is 9.80 Å². The summed E-state index contributed by atoms with van der Waals surface area (Å²) in [6, 6.07) is 7.23. The van der Waals surface area contributed by atoms with Gasteiger partial charge in [-0.15, -0.1) is 0 Å². The van der Waals surface area contributed by atoms with Crippen molar-refractivity contribution in [2.24, 2.45) is 0 Å². The number of rotatable bonds is 7. The molecular formula is C16H24N2O3. The summed E-state index contributed by atoms with van der Waals surface area (Å²) < 4.78 is 5.64. The van der Waals surface area contributed by atoms with Crippen molar-refractivity contribution in [3.05, 3.63) is 29.8 Å². The van der Waals surface area contributed by atoms with E-state index in [4.69, 9.17) is 9.84 Å². The predicted octanol–water partition coefficient (Wildman–Crippen LogP) is 1.79. The molecule has 5 heteroatoms. The average molecular weight is 292 g/mol. The number of carbonyl (C=O) groups is 1. The van der Waals surface area contributed by atoms with E-state index < -0.39 is 5.97 Å². The highest BCUT2D eigenvalue weighted by atomic mass is 16.5. The van der Waals surface area contributed by atoms with Gasteiger partial charge in [-0.1, -0.05) is 0 Å². The lowest BCUT2D eigenvalue weighted by Crippen LogP contribution is -2.32. The Morgan fingerprint density at radius 1 is 1.38 bits per heavy atom. The first-order valence-corrected chi connectivity index (χ1v) is 7.41. The number of hydrogen-bond donors (Lipinski definition) is 1. The molecule has 116 valence electrons. The summed E-state index contributed by atoms with van der Waals surface area (Å²) in [4.78, 5) is 15.5. The average Bonchev–Trinajstić information content (AvgIpc) is 2.93. The second kappa shape index (κ2) is 7.43. The molecule has 0 amide bonds. The van der Waals surface area contributed by atoms with Gasteiger partial charge in [-0.05, 0) is 57.7 Å². The van der Waals surface area contributed by atoms with Crippen LogP contribution in [0.2, 0.25) is 0 Å². The number of ether oxygens (including phenoxy) is 1. The molecule has 21 heavy (non-hydrogen) atoms. The summed E-state index contributed by atoms with van der Waals surface area (Å²) in [5.41, 5.74) is 0.286. The Kier molecular flexibility index (Phi) is 5.59. The molecule has 0 spiro atoms. The smallest absolute Gasteiger partial charge is 0.335 e. The molecule has 5 nitrogen and oxygen atoms in total. The van der Waals surface area contributed by atoms with Crippen LogP contribution in [-0.4, -0.2) is 67.3 Å². The summed E-state index contributed by atoms with van der Waals surface area (Å²) in [5.74, 6) is -0.182. The van der Waals surface area contributed by atoms with Crippen LogP contribution in [-0.2, 0) is 0 Å². The predicted molar refractivity (Wildman–Crippen MR) is 82.0 cm³/mol. The third-order valence-corrected chi connectivity index (χ3v) is 3.97. The van der Waals surface area contributed by atoms with Crippen molar-refractivity contribution < 1.29 is 14.6 Å². The van der Waals surface area contributed by atoms with Crippen LogP contribution in [0.15, 0.2) is 24.3 Å². The van der Waals surface area contributed by atoms with Crippen LogP contribution in [0.5, 0.6) is 5.75 Å². The minimum absolute atomic E-state index is 0.286. The SMILES string of the molecule is CN(C)C1CCN(CCCOc2ccc(C(=O)O)cc2)C1. The highest BCUT2D eigenvalue weighted by Crippen LogP contribution is 2.15. The van der Waals surface area contributed by atoms with Crippen molar-refractivity contribution in [2.45, 2.75) is 18.9 Å². The van der Waals surface area contributed by atoms with Crippen LogP contribution in [0.4, 0.5) is 0 Å². The van der Waals surface area contributed by atoms with Gasteiger partial charge in [-0.3, -0.25) is 0 Å². The van der Waals surface area contributed by atoms with E-state index in [0.29, 0.717) is 12.6 Å². The molecule has 1 fully saturated rings. The summed E-state index contributed by atoms with van der Waals surface area (Å²) >= 11 is 0. The Morgan fingerprint density at radius 3 is 2.67 bits per heavy atom. The Morgan fingerprint density at radius 2 is 2.10 bits per heavy atom. The largest absolute Gasteiger partial charge is 0.494 e. The van der Waals surface area contributed by atoms with Crippen molar-refractivity contribution in [1.29, 1.82) is 0 Å². The van der Waals surface area contributed by atoms with Gasteiger partial charge in [0.15, 0.2) is 0 Å². The van der Waals surface area contributed by atoms with Gasteiger partial charge in [0.2, 0.25) is 0 Å². The maximum atomic E-state index is 10.7. The van der Waals surface area contributed by atoms with Gasteiger partial charge in [0, 0.05) is 19.1 Å². The quantitative estimate of drug-likeness (QED) is 0.777. The van der Waals surface area contributed by atoms with Crippen molar-refractivity contribution in [3.8, 4) is 5.75 Å². The van der Waals surface area contributed by atoms with E-state index in [-0.39, 0.29) is 5.56 Å². The number of likely N-dealkylation sites (tertiary alicyclic amines) is 1. The molecule has 1 atom stereocenters. The van der Waals surface area contributed by atoms with Crippen molar-refractivity contribution in [3.63, 3.8) is 0 Å². The molecule has 0 aromatic heterocycles. The molecule has 0 radical (unpaired) electrons. The lowest BCUT2D eigenvalue weighted by atomic mass is 10.2. The van der Waals surface area contributed by atoms with Crippen LogP contribution in [0.3, 0.4) is 0 Å². The van der Waals surface area contributed by atoms with Gasteiger partial charge in [0.1, 0.15) is 5.75 Å². The number of carboxylic acid groups (broad SMARTS) is 1. The fourth-order valence-electron chi connectivity index (χ4n) is 2.61. The fraction of sp³-hybridized carbons (Fsp3) is 0.562. The molecule has 1 N–H and O–H groups in total. The third kappa shape index (κ3) is 4.72. The highest BCUT2D eigenvalue weighted by Gasteiger charge is 2.23. The van der Waals surface area contributed by atoms with E-state index in [1.807, 2.05) is 0 Å². The second-order valence-corrected chi connectivity index (χ2v) is 5.74. The highest BCUT2D eigenvalue weighted by molar-refractivity contribution is 5.87. The molecule has 1 aromatic carbocycles. The van der Waals surface area contributed by atoms with Gasteiger partial charge in [-0.2, -0.15) is 0 Å². The molecule has 1 unspecified atom stereocenters. The first-order chi connectivity index (χ1) is 10.1. The zero-order chi connectivity index (χ0) is 15.2. The van der Waals surface area contributed by atoms with E-state index in [9.17, 15) is 4.79 Å². The first-order valence-electron chi connectivity index (χ1n) is 7.41. The Labute approximate surface area is 126 Å². The van der Waals surface area contributed by atoms with E-state index in [1.165, 1.54) is 6.42 Å². The standard InChI is InChI=1S/C16H24N2O3/c1-17(2)14-8-10-18(12-14)9-3-11-21-15-6-4-13(5-7-15)16(19)20/h4-7,14H,3,8-12H2,1-2H3,(H,19,20). The summed E-state index contributed by atoms with van der Waals surface area (Å²) in [5, 5.41) is 8.82. The van der Waals surface area contributed by atoms with Gasteiger partial charge in [0.05, 0.1) is 12.2 Å². The Hall–Kier alpha value is -1.59. The van der Waals surface area contributed by atoms with Gasteiger partial charge in [-0.25, -0.2) is 4.79 Å². The topological polar surface area (TPSA) is 53.0 Å². The van der Waals surface area contributed by atoms with Gasteiger partial charge in [0.25, 0.3) is 0 Å². The molecule has 1 aliphatic rings. The lowest BCUT2D eigenvalue weighted by Gasteiger charge is -2.20. The molecule has 0 bridgehead atoms. The number of nitrogens with zero attached hydrogens (tertiary/aromatic N) is 2. The molecule has 0 aliphatic carbocycles. The maximum absolute atomic E-state index is 10.7. The van der Waals surface area contributed by atoms with Crippen LogP contribution >= 0.6 is 0 Å². The number of benzene rings is 1. The monoisotopic (exact) mass is 292 g/mol. The van der Waals surface area contributed by atoms with Gasteiger partial charge < -0.3 is 19.6 Å². The van der Waals surface area contributed by atoms with E-state index in [2.05, 4.69) is 23.9 Å². The molecule has 0 saturated carbocycles. The normalized spacial score (nSPS) is 19.1. The first kappa shape index (κ1) is 15.8. The Bertz CT molecular complexity index is 459. The lowest BCUT2D eigenvalue weighted by molar-refractivity contribution is 0.0697. The molecule has 1 aromatic rings. The van der Waals surface area contributed by atoms with Crippen LogP contribution in [0, 0.1) is 0 Å². The third-order valence-electron chi connectivity index (χ3n) is 3.97. The maximum Gasteiger partial charge on any atom is 0.335 e. The second-order valence-electron chi connectivity index (χ2n) is 5.74. The number of hydrogen-bond acceptors (Lipinski definition) is 4. The van der Waals surface area contributed by atoms with E-state index >= 15 is 0 Å². The number of carboxylic acids is 1. The molecular weight excluding hydrogens is 268 g/mol. The number of aromatic carboxylic acids is 1. The zero-order valence-electron chi connectivity index (χ0n) is 12.8. The summed E-state index contributed by atoms with van der Waals surface area (Å²) in [6.45, 7) is 4.02. The minimum atomic E-state index is -0.911. The Balaban J connectivity index is 1.65. The number of likely N-dealkylation sites (N-methyl/N-ethyl adjacent to an activating group) is 1. The molecule has 1 heterocycles. The van der Waals surface area contributed by atoms with E-state index in [1.54, 1.807) is 24.3 Å². The summed E-state index contributed by atoms with van der Waals surface area (Å²) in [7, 11) is 4.27. The molecule has 2 rings (SSSR count). The van der Waals surface area contributed by atoms with Crippen LogP contribution in [0.1, 0.15) is 23.2 Å². The zero-order valence-corrected chi connectivity index (χ0v) is 12.8. The van der Waals surface area contributed by atoms with Crippen LogP contribution in [0.25, 0.3) is 0 Å². The van der Waals surface area contributed by atoms with Gasteiger partial charge >= 0.3 is 5.97 Å². The molecule has 1 saturated heterocycles. The fourth-order valence-corrected chi connectivity index (χ4v) is 2.61.